The second kappa shape index (κ2) is 8.35. The van der Waals surface area contributed by atoms with Gasteiger partial charge in [0.1, 0.15) is 5.00 Å². The molecule has 0 spiro atoms. The Bertz CT molecular complexity index is 847. The van der Waals surface area contributed by atoms with Crippen LogP contribution in [-0.2, 0) is 16.0 Å². The molecule has 2 atom stereocenters. The smallest absolute Gasteiger partial charge is 0.307 e. The monoisotopic (exact) mass is 386 g/mol. The van der Waals surface area contributed by atoms with Gasteiger partial charge >= 0.3 is 5.97 Å². The number of carbonyl (C=O) groups excluding carboxylic acids is 2. The summed E-state index contributed by atoms with van der Waals surface area (Å²) in [4.78, 5) is 36.9. The van der Waals surface area contributed by atoms with Crippen molar-refractivity contribution in [2.45, 2.75) is 32.1 Å². The van der Waals surface area contributed by atoms with E-state index in [0.717, 1.165) is 23.3 Å². The number of hydrogen-bond donors (Lipinski definition) is 3. The molecule has 1 aliphatic rings. The molecule has 0 bridgehead atoms. The number of carboxylic acids is 1. The van der Waals surface area contributed by atoms with Gasteiger partial charge in [-0.25, -0.2) is 0 Å². The fourth-order valence-corrected chi connectivity index (χ4v) is 4.65. The van der Waals surface area contributed by atoms with E-state index < -0.39 is 23.7 Å². The lowest BCUT2D eigenvalue weighted by Gasteiger charge is -2.27. The van der Waals surface area contributed by atoms with E-state index in [1.54, 1.807) is 6.07 Å². The van der Waals surface area contributed by atoms with Crippen LogP contribution in [0.2, 0.25) is 0 Å². The van der Waals surface area contributed by atoms with Gasteiger partial charge in [0.25, 0.3) is 5.91 Å². The van der Waals surface area contributed by atoms with Crippen LogP contribution >= 0.6 is 11.3 Å². The molecule has 0 aliphatic heterocycles. The zero-order valence-electron chi connectivity index (χ0n) is 14.8. The fourth-order valence-electron chi connectivity index (χ4n) is 3.55. The molecule has 1 heterocycles. The predicted molar refractivity (Wildman–Crippen MR) is 104 cm³/mol. The minimum Gasteiger partial charge on any atom is -0.481 e. The molecular weight excluding hydrogens is 364 g/mol. The topological polar surface area (TPSA) is 109 Å². The first-order chi connectivity index (χ1) is 13.0. The molecule has 2 amide bonds. The van der Waals surface area contributed by atoms with E-state index in [2.05, 4.69) is 5.32 Å². The van der Waals surface area contributed by atoms with Crippen molar-refractivity contribution in [2.24, 2.45) is 17.6 Å². The number of hydrogen-bond acceptors (Lipinski definition) is 4. The van der Waals surface area contributed by atoms with Crippen LogP contribution in [0.15, 0.2) is 36.4 Å². The van der Waals surface area contributed by atoms with Gasteiger partial charge in [-0.3, -0.25) is 14.4 Å². The summed E-state index contributed by atoms with van der Waals surface area (Å²) in [6.45, 7) is 0. The summed E-state index contributed by atoms with van der Waals surface area (Å²) >= 11 is 1.30. The molecule has 1 aromatic heterocycles. The average Bonchev–Trinajstić information content (AvgIpc) is 3.05. The van der Waals surface area contributed by atoms with Crippen molar-refractivity contribution >= 4 is 34.1 Å². The molecule has 0 radical (unpaired) electrons. The van der Waals surface area contributed by atoms with Crippen LogP contribution in [0.1, 0.15) is 46.5 Å². The molecule has 0 unspecified atom stereocenters. The maximum Gasteiger partial charge on any atom is 0.307 e. The normalized spacial score (nSPS) is 19.4. The molecular formula is C20H22N2O4S. The summed E-state index contributed by atoms with van der Waals surface area (Å²) in [6, 6.07) is 11.5. The van der Waals surface area contributed by atoms with E-state index in [4.69, 9.17) is 5.73 Å². The minimum atomic E-state index is -0.944. The van der Waals surface area contributed by atoms with Crippen LogP contribution in [-0.4, -0.2) is 22.9 Å². The zero-order valence-corrected chi connectivity index (χ0v) is 15.6. The Hall–Kier alpha value is -2.67. The highest BCUT2D eigenvalue weighted by atomic mass is 32.1. The number of anilines is 1. The van der Waals surface area contributed by atoms with Crippen molar-refractivity contribution in [3.8, 4) is 0 Å². The molecule has 4 N–H and O–H groups in total. The van der Waals surface area contributed by atoms with Crippen molar-refractivity contribution in [2.75, 3.05) is 5.32 Å². The van der Waals surface area contributed by atoms with Gasteiger partial charge in [0, 0.05) is 11.3 Å². The van der Waals surface area contributed by atoms with E-state index in [-0.39, 0.29) is 11.5 Å². The number of thiophene rings is 1. The number of benzene rings is 1. The molecule has 1 saturated carbocycles. The second-order valence-corrected chi connectivity index (χ2v) is 7.94. The van der Waals surface area contributed by atoms with Gasteiger partial charge in [-0.15, -0.1) is 11.3 Å². The molecule has 7 heteroatoms. The predicted octanol–water partition coefficient (Wildman–Crippen LogP) is 3.27. The van der Waals surface area contributed by atoms with Gasteiger partial charge in [-0.05, 0) is 24.5 Å². The van der Waals surface area contributed by atoms with Crippen LogP contribution in [0.3, 0.4) is 0 Å². The van der Waals surface area contributed by atoms with Crippen LogP contribution in [0.4, 0.5) is 5.00 Å². The van der Waals surface area contributed by atoms with Gasteiger partial charge in [-0.2, -0.15) is 0 Å². The lowest BCUT2D eigenvalue weighted by atomic mass is 9.79. The number of carboxylic acid groups (broad SMARTS) is 1. The van der Waals surface area contributed by atoms with E-state index in [1.807, 2.05) is 30.3 Å². The minimum absolute atomic E-state index is 0.266. The Morgan fingerprint density at radius 3 is 2.41 bits per heavy atom. The number of amides is 2. The second-order valence-electron chi connectivity index (χ2n) is 6.81. The summed E-state index contributed by atoms with van der Waals surface area (Å²) in [5, 5.41) is 12.5. The molecule has 27 heavy (non-hydrogen) atoms. The highest BCUT2D eigenvalue weighted by Gasteiger charge is 2.36. The first-order valence-corrected chi connectivity index (χ1v) is 9.77. The van der Waals surface area contributed by atoms with Crippen molar-refractivity contribution in [3.63, 3.8) is 0 Å². The first kappa shape index (κ1) is 19.1. The van der Waals surface area contributed by atoms with Crippen LogP contribution in [0.5, 0.6) is 0 Å². The Kier molecular flexibility index (Phi) is 5.91. The van der Waals surface area contributed by atoms with E-state index in [1.165, 1.54) is 11.3 Å². The van der Waals surface area contributed by atoms with Crippen LogP contribution in [0.25, 0.3) is 0 Å². The van der Waals surface area contributed by atoms with Gasteiger partial charge < -0.3 is 16.2 Å². The summed E-state index contributed by atoms with van der Waals surface area (Å²) in [7, 11) is 0. The molecule has 0 saturated heterocycles. The van der Waals surface area contributed by atoms with Gasteiger partial charge in [0.2, 0.25) is 5.91 Å². The molecule has 6 nitrogen and oxygen atoms in total. The number of rotatable bonds is 6. The highest BCUT2D eigenvalue weighted by Crippen LogP contribution is 2.34. The summed E-state index contributed by atoms with van der Waals surface area (Å²) in [5.41, 5.74) is 6.83. The summed E-state index contributed by atoms with van der Waals surface area (Å²) in [5.74, 6) is -3.17. The maximum atomic E-state index is 12.7. The Morgan fingerprint density at radius 2 is 1.78 bits per heavy atom. The summed E-state index contributed by atoms with van der Waals surface area (Å²) < 4.78 is 0. The highest BCUT2D eigenvalue weighted by molar-refractivity contribution is 7.16. The zero-order chi connectivity index (χ0) is 19.4. The van der Waals surface area contributed by atoms with Gasteiger partial charge in [-0.1, -0.05) is 43.2 Å². The third-order valence-corrected chi connectivity index (χ3v) is 5.98. The quantitative estimate of drug-likeness (QED) is 0.708. The van der Waals surface area contributed by atoms with Crippen LogP contribution < -0.4 is 11.1 Å². The Balaban J connectivity index is 1.79. The molecule has 3 rings (SSSR count). The third-order valence-electron chi connectivity index (χ3n) is 4.93. The lowest BCUT2D eigenvalue weighted by molar-refractivity contribution is -0.147. The number of nitrogens with two attached hydrogens (primary N) is 1. The van der Waals surface area contributed by atoms with E-state index in [0.29, 0.717) is 24.3 Å². The largest absolute Gasteiger partial charge is 0.481 e. The Labute approximate surface area is 161 Å². The summed E-state index contributed by atoms with van der Waals surface area (Å²) in [6.07, 6.45) is 3.31. The van der Waals surface area contributed by atoms with Crippen molar-refractivity contribution in [1.29, 1.82) is 0 Å². The maximum absolute atomic E-state index is 12.7. The lowest BCUT2D eigenvalue weighted by Crippen LogP contribution is -2.36. The molecule has 1 aliphatic carbocycles. The fraction of sp³-hybridized carbons (Fsp3) is 0.350. The standard InChI is InChI=1S/C20H22N2O4S/c21-17(23)16-11-13(10-12-6-2-1-3-7-12)27-19(16)22-18(24)14-8-4-5-9-15(14)20(25)26/h1-3,6-7,11,14-15H,4-5,8-10H2,(H2,21,23)(H,22,24)(H,25,26)/t14-,15+/m1/s1. The first-order valence-electron chi connectivity index (χ1n) is 8.96. The number of aliphatic carboxylic acids is 1. The molecule has 1 fully saturated rings. The number of primary amides is 1. The molecule has 142 valence electrons. The van der Waals surface area contributed by atoms with Crippen molar-refractivity contribution < 1.29 is 19.5 Å². The van der Waals surface area contributed by atoms with E-state index >= 15 is 0 Å². The average molecular weight is 386 g/mol. The van der Waals surface area contributed by atoms with Gasteiger partial charge in [0.15, 0.2) is 0 Å². The SMILES string of the molecule is NC(=O)c1cc(Cc2ccccc2)sc1NC(=O)[C@@H]1CCCC[C@@H]1C(=O)O. The third kappa shape index (κ3) is 4.54. The van der Waals surface area contributed by atoms with E-state index in [9.17, 15) is 19.5 Å². The van der Waals surface area contributed by atoms with Crippen LogP contribution in [0, 0.1) is 11.8 Å². The Morgan fingerprint density at radius 1 is 1.11 bits per heavy atom. The number of carbonyl (C=O) groups is 3. The van der Waals surface area contributed by atoms with Gasteiger partial charge in [0.05, 0.1) is 17.4 Å². The van der Waals surface area contributed by atoms with Crippen molar-refractivity contribution in [3.05, 3.63) is 52.4 Å². The number of nitrogens with one attached hydrogen (secondary N) is 1. The molecule has 2 aromatic rings. The van der Waals surface area contributed by atoms with Crippen molar-refractivity contribution in [1.82, 2.24) is 0 Å². The molecule has 1 aromatic carbocycles.